The van der Waals surface area contributed by atoms with Crippen molar-refractivity contribution in [1.29, 1.82) is 0 Å². The Labute approximate surface area is 145 Å². The van der Waals surface area contributed by atoms with Gasteiger partial charge in [0.2, 0.25) is 0 Å². The Bertz CT molecular complexity index is 644. The highest BCUT2D eigenvalue weighted by molar-refractivity contribution is 5.65. The lowest BCUT2D eigenvalue weighted by Gasteiger charge is -2.23. The fourth-order valence-electron chi connectivity index (χ4n) is 3.63. The van der Waals surface area contributed by atoms with Crippen LogP contribution in [-0.2, 0) is 11.0 Å². The van der Waals surface area contributed by atoms with E-state index in [2.05, 4.69) is 5.32 Å². The van der Waals surface area contributed by atoms with Crippen LogP contribution in [0, 0.1) is 0 Å². The number of nitrogens with one attached hydrogen (secondary N) is 1. The monoisotopic (exact) mass is 352 g/mol. The van der Waals surface area contributed by atoms with Gasteiger partial charge in [-0.3, -0.25) is 0 Å². The van der Waals surface area contributed by atoms with Gasteiger partial charge in [-0.25, -0.2) is 0 Å². The van der Waals surface area contributed by atoms with Gasteiger partial charge in [0.05, 0.1) is 12.1 Å². The number of hydrogen-bond acceptors (Lipinski definition) is 3. The average Bonchev–Trinajstić information content (AvgIpc) is 3.09. The predicted molar refractivity (Wildman–Crippen MR) is 89.4 cm³/mol. The van der Waals surface area contributed by atoms with Crippen molar-refractivity contribution >= 4 is 5.76 Å². The molecule has 2 aliphatic carbocycles. The molecule has 136 valence electrons. The van der Waals surface area contributed by atoms with E-state index in [1.54, 1.807) is 0 Å². The molecule has 2 fully saturated rings. The highest BCUT2D eigenvalue weighted by atomic mass is 19.4. The number of hydroxylamine groups is 2. The van der Waals surface area contributed by atoms with Gasteiger partial charge in [-0.2, -0.15) is 13.2 Å². The molecule has 1 aromatic carbocycles. The van der Waals surface area contributed by atoms with Crippen molar-refractivity contribution in [3.8, 4) is 0 Å². The van der Waals surface area contributed by atoms with Gasteiger partial charge < -0.3 is 10.2 Å². The maximum Gasteiger partial charge on any atom is 0.416 e. The van der Waals surface area contributed by atoms with E-state index in [4.69, 9.17) is 4.84 Å². The Kier molecular flexibility index (Phi) is 4.50. The molecule has 3 aliphatic rings. The number of rotatable bonds is 5. The minimum atomic E-state index is -4.31. The summed E-state index contributed by atoms with van der Waals surface area (Å²) in [5.41, 5.74) is 1.24. The molecule has 0 bridgehead atoms. The molecule has 3 nitrogen and oxygen atoms in total. The summed E-state index contributed by atoms with van der Waals surface area (Å²) in [6.45, 7) is 1.48. The zero-order valence-corrected chi connectivity index (χ0v) is 14.1. The van der Waals surface area contributed by atoms with Crippen molar-refractivity contribution in [1.82, 2.24) is 10.4 Å². The zero-order chi connectivity index (χ0) is 17.4. The fourth-order valence-corrected chi connectivity index (χ4v) is 3.63. The van der Waals surface area contributed by atoms with E-state index in [0.717, 1.165) is 55.0 Å². The van der Waals surface area contributed by atoms with Crippen LogP contribution in [0.25, 0.3) is 5.76 Å². The van der Waals surface area contributed by atoms with E-state index in [1.165, 1.54) is 37.8 Å². The third kappa shape index (κ3) is 3.85. The molecule has 0 aromatic heterocycles. The minimum Gasteiger partial charge on any atom is -0.405 e. The van der Waals surface area contributed by atoms with Crippen molar-refractivity contribution in [2.75, 3.05) is 13.1 Å². The fraction of sp³-hybridized carbons (Fsp3) is 0.579. The summed E-state index contributed by atoms with van der Waals surface area (Å²) in [4.78, 5) is 6.11. The molecule has 2 saturated carbocycles. The van der Waals surface area contributed by atoms with E-state index >= 15 is 0 Å². The Hall–Kier alpha value is -1.53. The smallest absolute Gasteiger partial charge is 0.405 e. The van der Waals surface area contributed by atoms with Crippen LogP contribution in [-0.4, -0.2) is 30.2 Å². The summed E-state index contributed by atoms with van der Waals surface area (Å²) in [6.07, 6.45) is 2.79. The molecule has 25 heavy (non-hydrogen) atoms. The first-order valence-electron chi connectivity index (χ1n) is 9.08. The lowest BCUT2D eigenvalue weighted by molar-refractivity contribution is -0.137. The maximum atomic E-state index is 12.8. The van der Waals surface area contributed by atoms with Gasteiger partial charge in [0, 0.05) is 29.8 Å². The molecule has 0 unspecified atom stereocenters. The van der Waals surface area contributed by atoms with Crippen LogP contribution >= 0.6 is 0 Å². The number of benzene rings is 1. The lowest BCUT2D eigenvalue weighted by atomic mass is 10.1. The Balaban J connectivity index is 1.54. The van der Waals surface area contributed by atoms with Gasteiger partial charge >= 0.3 is 6.18 Å². The molecule has 0 atom stereocenters. The molecular formula is C19H23F3N2O. The van der Waals surface area contributed by atoms with Crippen molar-refractivity contribution in [2.24, 2.45) is 0 Å². The average molecular weight is 352 g/mol. The molecule has 1 aliphatic heterocycles. The number of halogens is 3. The SMILES string of the molecule is FC(F)(F)c1ccc(C2=C(CNC3CC3)CN(C3CCCC3)O2)cc1. The van der Waals surface area contributed by atoms with Gasteiger partial charge in [0.15, 0.2) is 5.76 Å². The molecule has 1 aromatic rings. The first-order chi connectivity index (χ1) is 12.0. The second-order valence-corrected chi connectivity index (χ2v) is 7.27. The van der Waals surface area contributed by atoms with E-state index in [-0.39, 0.29) is 0 Å². The van der Waals surface area contributed by atoms with Gasteiger partial charge in [0.1, 0.15) is 0 Å². The van der Waals surface area contributed by atoms with Crippen LogP contribution < -0.4 is 5.32 Å². The minimum absolute atomic E-state index is 0.419. The molecule has 6 heteroatoms. The van der Waals surface area contributed by atoms with E-state index in [1.807, 2.05) is 5.06 Å². The van der Waals surface area contributed by atoms with E-state index in [0.29, 0.717) is 12.1 Å². The first kappa shape index (κ1) is 16.9. The van der Waals surface area contributed by atoms with Crippen LogP contribution in [0.1, 0.15) is 49.7 Å². The summed E-state index contributed by atoms with van der Waals surface area (Å²) in [5, 5.41) is 5.53. The predicted octanol–water partition coefficient (Wildman–Crippen LogP) is 4.36. The lowest BCUT2D eigenvalue weighted by Crippen LogP contribution is -2.31. The van der Waals surface area contributed by atoms with Crippen LogP contribution in [0.5, 0.6) is 0 Å². The van der Waals surface area contributed by atoms with E-state index < -0.39 is 11.7 Å². The largest absolute Gasteiger partial charge is 0.416 e. The maximum absolute atomic E-state index is 12.8. The molecule has 4 rings (SSSR count). The van der Waals surface area contributed by atoms with Crippen LogP contribution in [0.3, 0.4) is 0 Å². The van der Waals surface area contributed by atoms with Crippen molar-refractivity contribution in [3.63, 3.8) is 0 Å². The number of nitrogens with zero attached hydrogens (tertiary/aromatic N) is 1. The normalized spacial score (nSPS) is 22.7. The first-order valence-corrected chi connectivity index (χ1v) is 9.08. The topological polar surface area (TPSA) is 24.5 Å². The molecule has 0 amide bonds. The molecule has 1 heterocycles. The van der Waals surface area contributed by atoms with Gasteiger partial charge in [0.25, 0.3) is 0 Å². The van der Waals surface area contributed by atoms with Crippen molar-refractivity contribution < 1.29 is 18.0 Å². The summed E-state index contributed by atoms with van der Waals surface area (Å²) < 4.78 is 38.4. The molecule has 1 N–H and O–H groups in total. The Morgan fingerprint density at radius 2 is 1.72 bits per heavy atom. The van der Waals surface area contributed by atoms with Crippen molar-refractivity contribution in [3.05, 3.63) is 41.0 Å². The second kappa shape index (κ2) is 6.65. The Morgan fingerprint density at radius 3 is 2.32 bits per heavy atom. The zero-order valence-electron chi connectivity index (χ0n) is 14.1. The summed E-state index contributed by atoms with van der Waals surface area (Å²) in [5.74, 6) is 0.730. The van der Waals surface area contributed by atoms with Crippen molar-refractivity contribution in [2.45, 2.75) is 56.8 Å². The number of alkyl halides is 3. The quantitative estimate of drug-likeness (QED) is 0.852. The molecule has 0 radical (unpaired) electrons. The van der Waals surface area contributed by atoms with E-state index in [9.17, 15) is 13.2 Å². The summed E-state index contributed by atoms with van der Waals surface area (Å²) >= 11 is 0. The van der Waals surface area contributed by atoms with Gasteiger partial charge in [-0.15, -0.1) is 5.06 Å². The van der Waals surface area contributed by atoms with Gasteiger partial charge in [-0.05, 0) is 37.8 Å². The highest BCUT2D eigenvalue weighted by Crippen LogP contribution is 2.36. The van der Waals surface area contributed by atoms with Crippen LogP contribution in [0.15, 0.2) is 29.8 Å². The second-order valence-electron chi connectivity index (χ2n) is 7.27. The summed E-state index contributed by atoms with van der Waals surface area (Å²) in [7, 11) is 0. The van der Waals surface area contributed by atoms with Gasteiger partial charge in [-0.1, -0.05) is 25.0 Å². The van der Waals surface area contributed by atoms with Crippen LogP contribution in [0.4, 0.5) is 13.2 Å². The Morgan fingerprint density at radius 1 is 1.04 bits per heavy atom. The molecule has 0 saturated heterocycles. The number of hydrogen-bond donors (Lipinski definition) is 1. The molecule has 0 spiro atoms. The van der Waals surface area contributed by atoms with Crippen LogP contribution in [0.2, 0.25) is 0 Å². The standard InChI is InChI=1S/C19H23F3N2O/c20-19(21,22)15-7-5-13(6-8-15)18-14(11-23-16-9-10-16)12-24(25-18)17-3-1-2-4-17/h5-8,16-17,23H,1-4,9-12H2. The third-order valence-corrected chi connectivity index (χ3v) is 5.26. The summed E-state index contributed by atoms with van der Waals surface area (Å²) in [6, 6.07) is 6.32. The molecular weight excluding hydrogens is 329 g/mol. The third-order valence-electron chi connectivity index (χ3n) is 5.26. The highest BCUT2D eigenvalue weighted by Gasteiger charge is 2.34.